The van der Waals surface area contributed by atoms with Gasteiger partial charge in [-0.05, 0) is 42.0 Å². The van der Waals surface area contributed by atoms with Gasteiger partial charge in [0.25, 0.3) is 0 Å². The highest BCUT2D eigenvalue weighted by Gasteiger charge is 2.52. The minimum Gasteiger partial charge on any atom is -0.497 e. The van der Waals surface area contributed by atoms with E-state index in [4.69, 9.17) is 14.7 Å². The smallest absolute Gasteiger partial charge is 0.243 e. The third kappa shape index (κ3) is 3.28. The van der Waals surface area contributed by atoms with Crippen LogP contribution < -0.4 is 15.0 Å². The molecule has 2 atom stereocenters. The summed E-state index contributed by atoms with van der Waals surface area (Å²) < 4.78 is 5.43. The molecule has 168 valence electrons. The zero-order valence-corrected chi connectivity index (χ0v) is 18.9. The topological polar surface area (TPSA) is 46.1 Å². The first-order valence-electron chi connectivity index (χ1n) is 11.5. The van der Waals surface area contributed by atoms with Crippen molar-refractivity contribution in [1.82, 2.24) is 0 Å². The van der Waals surface area contributed by atoms with Gasteiger partial charge in [-0.3, -0.25) is 4.90 Å². The highest BCUT2D eigenvalue weighted by Crippen LogP contribution is 2.51. The number of nitrogens with zero attached hydrogens (tertiary/aromatic N) is 2. The SMILES string of the molecule is COc1ccc([C@@]23C[C@@H](c4ccccc4)Nc4ccccc4N2C(c2ccccc2)=NO3)cc1. The fraction of sp³-hybridized carbons (Fsp3) is 0.138. The van der Waals surface area contributed by atoms with Crippen molar-refractivity contribution in [2.24, 2.45) is 5.16 Å². The highest BCUT2D eigenvalue weighted by atomic mass is 16.7. The number of rotatable bonds is 4. The van der Waals surface area contributed by atoms with Crippen molar-refractivity contribution in [3.8, 4) is 5.75 Å². The maximum Gasteiger partial charge on any atom is 0.243 e. The molecule has 0 unspecified atom stereocenters. The Bertz CT molecular complexity index is 1320. The average Bonchev–Trinajstić information content (AvgIpc) is 3.22. The summed E-state index contributed by atoms with van der Waals surface area (Å²) in [4.78, 5) is 8.74. The Morgan fingerprint density at radius 1 is 0.853 bits per heavy atom. The number of benzene rings is 4. The lowest BCUT2D eigenvalue weighted by atomic mass is 9.90. The van der Waals surface area contributed by atoms with Crippen molar-refractivity contribution in [3.05, 3.63) is 126 Å². The zero-order chi connectivity index (χ0) is 23.0. The van der Waals surface area contributed by atoms with E-state index in [0.29, 0.717) is 6.42 Å². The van der Waals surface area contributed by atoms with E-state index in [9.17, 15) is 0 Å². The lowest BCUT2D eigenvalue weighted by molar-refractivity contribution is -0.0309. The van der Waals surface area contributed by atoms with E-state index in [2.05, 4.69) is 83.0 Å². The number of hydrogen-bond donors (Lipinski definition) is 1. The average molecular weight is 448 g/mol. The van der Waals surface area contributed by atoms with Gasteiger partial charge in [0.05, 0.1) is 24.5 Å². The van der Waals surface area contributed by atoms with Gasteiger partial charge in [-0.25, -0.2) is 0 Å². The number of nitrogens with one attached hydrogen (secondary N) is 1. The standard InChI is InChI=1S/C29H25N3O2/c1-33-24-18-16-23(17-19-24)29-20-26(21-10-4-2-5-11-21)30-25-14-8-9-15-27(25)32(29)28(31-34-29)22-12-6-3-7-13-22/h2-19,26,30H,20H2,1H3/t26-,29-/m0/s1. The van der Waals surface area contributed by atoms with Crippen molar-refractivity contribution in [1.29, 1.82) is 0 Å². The van der Waals surface area contributed by atoms with Gasteiger partial charge in [0.1, 0.15) is 5.75 Å². The quantitative estimate of drug-likeness (QED) is 0.399. The van der Waals surface area contributed by atoms with Crippen LogP contribution in [0.3, 0.4) is 0 Å². The monoisotopic (exact) mass is 447 g/mol. The molecule has 5 nitrogen and oxygen atoms in total. The molecule has 0 fully saturated rings. The number of amidine groups is 1. The molecule has 34 heavy (non-hydrogen) atoms. The summed E-state index contributed by atoms with van der Waals surface area (Å²) in [6, 6.07) is 37.2. The van der Waals surface area contributed by atoms with Crippen molar-refractivity contribution in [2.75, 3.05) is 17.3 Å². The molecule has 0 amide bonds. The molecular formula is C29H25N3O2. The summed E-state index contributed by atoms with van der Waals surface area (Å²) in [5.41, 5.74) is 4.45. The van der Waals surface area contributed by atoms with Crippen LogP contribution in [-0.2, 0) is 10.6 Å². The summed E-state index contributed by atoms with van der Waals surface area (Å²) in [6.07, 6.45) is 0.651. The molecule has 0 saturated heterocycles. The van der Waals surface area contributed by atoms with E-state index in [1.165, 1.54) is 5.56 Å². The van der Waals surface area contributed by atoms with E-state index in [0.717, 1.165) is 34.1 Å². The zero-order valence-electron chi connectivity index (χ0n) is 18.9. The summed E-state index contributed by atoms with van der Waals surface area (Å²) in [5.74, 6) is 1.60. The Hall–Kier alpha value is -4.25. The number of para-hydroxylation sites is 2. The number of fused-ring (bicyclic) bond motifs is 3. The Morgan fingerprint density at radius 3 is 2.26 bits per heavy atom. The first-order chi connectivity index (χ1) is 16.8. The Labute approximate surface area is 199 Å². The van der Waals surface area contributed by atoms with Crippen LogP contribution >= 0.6 is 0 Å². The van der Waals surface area contributed by atoms with Crippen molar-refractivity contribution < 1.29 is 9.57 Å². The number of methoxy groups -OCH3 is 1. The van der Waals surface area contributed by atoms with Gasteiger partial charge >= 0.3 is 0 Å². The van der Waals surface area contributed by atoms with E-state index in [1.807, 2.05) is 36.4 Å². The van der Waals surface area contributed by atoms with Gasteiger partial charge in [-0.2, -0.15) is 0 Å². The second-order valence-electron chi connectivity index (χ2n) is 8.55. The van der Waals surface area contributed by atoms with Gasteiger partial charge in [-0.1, -0.05) is 78.0 Å². The van der Waals surface area contributed by atoms with Crippen LogP contribution in [0, 0.1) is 0 Å². The molecule has 2 aliphatic heterocycles. The van der Waals surface area contributed by atoms with Gasteiger partial charge in [0, 0.05) is 17.5 Å². The maximum absolute atomic E-state index is 6.49. The minimum absolute atomic E-state index is 0.0137. The van der Waals surface area contributed by atoms with Crippen LogP contribution in [0.15, 0.2) is 114 Å². The van der Waals surface area contributed by atoms with Crippen LogP contribution in [0.5, 0.6) is 5.75 Å². The van der Waals surface area contributed by atoms with Gasteiger partial charge < -0.3 is 14.9 Å². The molecule has 0 bridgehead atoms. The molecule has 0 spiro atoms. The van der Waals surface area contributed by atoms with Crippen LogP contribution in [-0.4, -0.2) is 12.9 Å². The van der Waals surface area contributed by atoms with Gasteiger partial charge in [0.2, 0.25) is 5.72 Å². The molecule has 2 aliphatic rings. The third-order valence-corrected chi connectivity index (χ3v) is 6.59. The molecule has 0 saturated carbocycles. The first-order valence-corrected chi connectivity index (χ1v) is 11.5. The normalized spacial score (nSPS) is 20.8. The summed E-state index contributed by atoms with van der Waals surface area (Å²) in [7, 11) is 1.68. The fourth-order valence-electron chi connectivity index (χ4n) is 4.92. The van der Waals surface area contributed by atoms with E-state index in [-0.39, 0.29) is 6.04 Å². The predicted octanol–water partition coefficient (Wildman–Crippen LogP) is 6.30. The van der Waals surface area contributed by atoms with Crippen LogP contribution in [0.4, 0.5) is 11.4 Å². The number of anilines is 2. The van der Waals surface area contributed by atoms with E-state index < -0.39 is 5.72 Å². The Balaban J connectivity index is 1.57. The Kier molecular flexibility index (Phi) is 4.95. The molecule has 0 radical (unpaired) electrons. The van der Waals surface area contributed by atoms with Crippen molar-refractivity contribution in [2.45, 2.75) is 18.2 Å². The molecule has 1 N–H and O–H groups in total. The number of oxime groups is 1. The number of ether oxygens (including phenoxy) is 1. The molecular weight excluding hydrogens is 422 g/mol. The lowest BCUT2D eigenvalue weighted by Crippen LogP contribution is -2.47. The van der Waals surface area contributed by atoms with E-state index >= 15 is 0 Å². The molecule has 5 heteroatoms. The largest absolute Gasteiger partial charge is 0.497 e. The van der Waals surface area contributed by atoms with Crippen LogP contribution in [0.1, 0.15) is 29.2 Å². The molecule has 4 aromatic carbocycles. The van der Waals surface area contributed by atoms with Crippen molar-refractivity contribution in [3.63, 3.8) is 0 Å². The lowest BCUT2D eigenvalue weighted by Gasteiger charge is -2.37. The summed E-state index contributed by atoms with van der Waals surface area (Å²) >= 11 is 0. The molecule has 2 heterocycles. The highest BCUT2D eigenvalue weighted by molar-refractivity contribution is 6.13. The molecule has 6 rings (SSSR count). The van der Waals surface area contributed by atoms with Crippen LogP contribution in [0.25, 0.3) is 0 Å². The van der Waals surface area contributed by atoms with Crippen LogP contribution in [0.2, 0.25) is 0 Å². The van der Waals surface area contributed by atoms with E-state index in [1.54, 1.807) is 7.11 Å². The molecule has 0 aromatic heterocycles. The van der Waals surface area contributed by atoms with Gasteiger partial charge in [0.15, 0.2) is 5.84 Å². The summed E-state index contributed by atoms with van der Waals surface area (Å²) in [5, 5.41) is 8.49. The van der Waals surface area contributed by atoms with Crippen molar-refractivity contribution >= 4 is 17.2 Å². The molecule has 4 aromatic rings. The first kappa shape index (κ1) is 20.4. The fourth-order valence-corrected chi connectivity index (χ4v) is 4.92. The second kappa shape index (κ2) is 8.27. The van der Waals surface area contributed by atoms with Gasteiger partial charge in [-0.15, -0.1) is 0 Å². The predicted molar refractivity (Wildman–Crippen MR) is 135 cm³/mol. The third-order valence-electron chi connectivity index (χ3n) is 6.59. The summed E-state index contributed by atoms with van der Waals surface area (Å²) in [6.45, 7) is 0. The maximum atomic E-state index is 6.49. The Morgan fingerprint density at radius 2 is 1.53 bits per heavy atom. The number of hydrogen-bond acceptors (Lipinski definition) is 5. The minimum atomic E-state index is -0.836. The molecule has 0 aliphatic carbocycles. The second-order valence-corrected chi connectivity index (χ2v) is 8.55.